The summed E-state index contributed by atoms with van der Waals surface area (Å²) in [4.78, 5) is 4.37. The summed E-state index contributed by atoms with van der Waals surface area (Å²) in [5.41, 5.74) is 3.00. The lowest BCUT2D eigenvalue weighted by Crippen LogP contribution is -1.92. The molecule has 0 aliphatic carbocycles. The number of rotatable bonds is 6. The molecule has 0 saturated carbocycles. The van der Waals surface area contributed by atoms with Crippen LogP contribution in [0.5, 0.6) is 5.75 Å². The molecule has 4 nitrogen and oxygen atoms in total. The molecule has 2 aromatic rings. The van der Waals surface area contributed by atoms with Crippen molar-refractivity contribution in [3.8, 4) is 16.9 Å². The summed E-state index contributed by atoms with van der Waals surface area (Å²) in [5, 5.41) is 12.9. The summed E-state index contributed by atoms with van der Waals surface area (Å²) < 4.78 is 4.51. The zero-order chi connectivity index (χ0) is 22.1. The Labute approximate surface area is 180 Å². The molecule has 5 heteroatoms. The normalized spacial score (nSPS) is 10.8. The van der Waals surface area contributed by atoms with Crippen LogP contribution in [-0.2, 0) is 4.74 Å². The first-order valence-corrected chi connectivity index (χ1v) is 10.1. The number of methoxy groups -OCH3 is 1. The van der Waals surface area contributed by atoms with Crippen LogP contribution in [0.3, 0.4) is 0 Å². The first-order valence-electron chi connectivity index (χ1n) is 9.70. The minimum atomic E-state index is 0.0809. The third-order valence-electron chi connectivity index (χ3n) is 3.38. The van der Waals surface area contributed by atoms with Crippen molar-refractivity contribution in [3.63, 3.8) is 0 Å². The number of benzene rings is 1. The number of phenolic OH excluding ortho intramolecular Hbond substituents is 1. The molecule has 0 unspecified atom stereocenters. The van der Waals surface area contributed by atoms with E-state index in [1.165, 1.54) is 0 Å². The number of hydrogen-bond donors (Lipinski definition) is 2. The van der Waals surface area contributed by atoms with Crippen LogP contribution < -0.4 is 5.32 Å². The van der Waals surface area contributed by atoms with Gasteiger partial charge in [-0.3, -0.25) is 0 Å². The topological polar surface area (TPSA) is 54.4 Å². The summed E-state index contributed by atoms with van der Waals surface area (Å²) >= 11 is 5.92. The molecule has 0 fully saturated rings. The molecular weight excluding hydrogens is 384 g/mol. The molecule has 1 aromatic heterocycles. The SMILES string of the molecule is C/C=C/OC.CC.CC/C=C/C(C)=C/Nc1ccc(-c2ccc(O)c(Cl)c2)cn1. The van der Waals surface area contributed by atoms with E-state index in [2.05, 4.69) is 34.1 Å². The Morgan fingerprint density at radius 3 is 2.38 bits per heavy atom. The van der Waals surface area contributed by atoms with E-state index in [4.69, 9.17) is 11.6 Å². The third kappa shape index (κ3) is 11.0. The highest BCUT2D eigenvalue weighted by molar-refractivity contribution is 6.32. The van der Waals surface area contributed by atoms with Crippen LogP contribution in [0.2, 0.25) is 5.02 Å². The minimum absolute atomic E-state index is 0.0809. The van der Waals surface area contributed by atoms with Crippen molar-refractivity contribution in [1.82, 2.24) is 4.98 Å². The lowest BCUT2D eigenvalue weighted by atomic mass is 10.1. The molecule has 1 aromatic carbocycles. The average Bonchev–Trinajstić information content (AvgIpc) is 2.75. The molecule has 0 radical (unpaired) electrons. The van der Waals surface area contributed by atoms with Crippen LogP contribution in [0.15, 0.2) is 72.8 Å². The quantitative estimate of drug-likeness (QED) is 0.376. The number of nitrogens with zero attached hydrogens (tertiary/aromatic N) is 1. The van der Waals surface area contributed by atoms with Gasteiger partial charge in [-0.15, -0.1) is 0 Å². The number of ether oxygens (including phenoxy) is 1. The van der Waals surface area contributed by atoms with Gasteiger partial charge in [-0.25, -0.2) is 4.98 Å². The zero-order valence-corrected chi connectivity index (χ0v) is 19.0. The van der Waals surface area contributed by atoms with E-state index in [1.54, 1.807) is 31.7 Å². The predicted molar refractivity (Wildman–Crippen MR) is 126 cm³/mol. The van der Waals surface area contributed by atoms with Gasteiger partial charge in [-0.1, -0.05) is 56.7 Å². The Morgan fingerprint density at radius 1 is 1.21 bits per heavy atom. The van der Waals surface area contributed by atoms with E-state index in [1.807, 2.05) is 58.2 Å². The molecule has 158 valence electrons. The van der Waals surface area contributed by atoms with Crippen LogP contribution in [0, 0.1) is 0 Å². The molecule has 1 heterocycles. The maximum atomic E-state index is 9.45. The third-order valence-corrected chi connectivity index (χ3v) is 3.68. The molecule has 29 heavy (non-hydrogen) atoms. The van der Waals surface area contributed by atoms with Gasteiger partial charge in [-0.2, -0.15) is 0 Å². The van der Waals surface area contributed by atoms with E-state index in [0.29, 0.717) is 5.02 Å². The second kappa shape index (κ2) is 16.3. The van der Waals surface area contributed by atoms with Crippen molar-refractivity contribution in [2.24, 2.45) is 0 Å². The summed E-state index contributed by atoms with van der Waals surface area (Å²) in [6.07, 6.45) is 12.4. The minimum Gasteiger partial charge on any atom is -0.506 e. The van der Waals surface area contributed by atoms with Gasteiger partial charge in [0.1, 0.15) is 11.6 Å². The molecule has 2 rings (SSSR count). The summed E-state index contributed by atoms with van der Waals surface area (Å²) in [6, 6.07) is 8.98. The number of halogens is 1. The number of anilines is 1. The largest absolute Gasteiger partial charge is 0.506 e. The van der Waals surface area contributed by atoms with E-state index >= 15 is 0 Å². The lowest BCUT2D eigenvalue weighted by molar-refractivity contribution is 0.337. The first-order chi connectivity index (χ1) is 14.0. The van der Waals surface area contributed by atoms with Crippen LogP contribution in [0.25, 0.3) is 11.1 Å². The van der Waals surface area contributed by atoms with E-state index < -0.39 is 0 Å². The van der Waals surface area contributed by atoms with Gasteiger partial charge in [0.2, 0.25) is 0 Å². The molecule has 0 aliphatic heterocycles. The first kappa shape index (κ1) is 26.3. The molecule has 2 N–H and O–H groups in total. The van der Waals surface area contributed by atoms with Crippen molar-refractivity contribution in [2.75, 3.05) is 12.4 Å². The summed E-state index contributed by atoms with van der Waals surface area (Å²) in [5.74, 6) is 0.857. The number of pyridine rings is 1. The van der Waals surface area contributed by atoms with Gasteiger partial charge in [0.05, 0.1) is 18.4 Å². The van der Waals surface area contributed by atoms with Crippen LogP contribution in [0.1, 0.15) is 41.0 Å². The number of hydrogen-bond acceptors (Lipinski definition) is 4. The van der Waals surface area contributed by atoms with Crippen LogP contribution in [-0.4, -0.2) is 17.2 Å². The van der Waals surface area contributed by atoms with Crippen molar-refractivity contribution in [2.45, 2.75) is 41.0 Å². The fraction of sp³-hybridized carbons (Fsp3) is 0.292. The molecule has 0 spiro atoms. The van der Waals surface area contributed by atoms with Crippen LogP contribution >= 0.6 is 11.6 Å². The van der Waals surface area contributed by atoms with Gasteiger partial charge in [0.25, 0.3) is 0 Å². The second-order valence-corrected chi connectivity index (χ2v) is 6.05. The highest BCUT2D eigenvalue weighted by atomic mass is 35.5. The number of aromatic nitrogens is 1. The maximum absolute atomic E-state index is 9.45. The molecular formula is C24H33ClN2O2. The number of allylic oxidation sites excluding steroid dienone is 4. The standard InChI is InChI=1S/C18H19ClN2O.C4H8O.C2H6/c1-3-4-5-13(2)11-20-18-9-7-15(12-21-18)14-6-8-17(22)16(19)10-14;1-3-4-5-2;1-2/h4-12,22H,3H2,1-2H3,(H,20,21);3-4H,1-2H3;1-2H3/b5-4+,13-11+;4-3+;. The second-order valence-electron chi connectivity index (χ2n) is 5.65. The van der Waals surface area contributed by atoms with Crippen molar-refractivity contribution in [1.29, 1.82) is 0 Å². The van der Waals surface area contributed by atoms with Crippen LogP contribution in [0.4, 0.5) is 5.82 Å². The number of aromatic hydroxyl groups is 1. The average molecular weight is 417 g/mol. The molecule has 0 atom stereocenters. The zero-order valence-electron chi connectivity index (χ0n) is 18.2. The smallest absolute Gasteiger partial charge is 0.134 e. The Hall–Kier alpha value is -2.72. The van der Waals surface area contributed by atoms with Gasteiger partial charge in [-0.05, 0) is 55.7 Å². The molecule has 0 amide bonds. The van der Waals surface area contributed by atoms with Crippen molar-refractivity contribution >= 4 is 17.4 Å². The van der Waals surface area contributed by atoms with E-state index in [0.717, 1.165) is 28.9 Å². The Kier molecular flexibility index (Phi) is 14.7. The Morgan fingerprint density at radius 2 is 1.90 bits per heavy atom. The van der Waals surface area contributed by atoms with Crippen molar-refractivity contribution < 1.29 is 9.84 Å². The molecule has 0 saturated heterocycles. The molecule has 0 bridgehead atoms. The van der Waals surface area contributed by atoms with E-state index in [-0.39, 0.29) is 5.75 Å². The lowest BCUT2D eigenvalue weighted by Gasteiger charge is -2.05. The fourth-order valence-electron chi connectivity index (χ4n) is 2.01. The number of phenols is 1. The Bertz CT molecular complexity index is 782. The van der Waals surface area contributed by atoms with Gasteiger partial charge in [0, 0.05) is 18.0 Å². The molecule has 0 aliphatic rings. The fourth-order valence-corrected chi connectivity index (χ4v) is 2.19. The highest BCUT2D eigenvalue weighted by Gasteiger charge is 2.03. The van der Waals surface area contributed by atoms with Gasteiger partial charge < -0.3 is 15.2 Å². The van der Waals surface area contributed by atoms with Crippen molar-refractivity contribution in [3.05, 3.63) is 77.8 Å². The predicted octanol–water partition coefficient (Wildman–Crippen LogP) is 7.58. The van der Waals surface area contributed by atoms with Gasteiger partial charge >= 0.3 is 0 Å². The van der Waals surface area contributed by atoms with E-state index in [9.17, 15) is 5.11 Å². The monoisotopic (exact) mass is 416 g/mol. The maximum Gasteiger partial charge on any atom is 0.134 e. The number of nitrogens with one attached hydrogen (secondary N) is 1. The summed E-state index contributed by atoms with van der Waals surface area (Å²) in [6.45, 7) is 10.0. The van der Waals surface area contributed by atoms with Gasteiger partial charge in [0.15, 0.2) is 0 Å². The highest BCUT2D eigenvalue weighted by Crippen LogP contribution is 2.29. The Balaban J connectivity index is 0.000000977. The summed E-state index contributed by atoms with van der Waals surface area (Å²) in [7, 11) is 1.62.